The molecule has 2 aromatic rings. The van der Waals surface area contributed by atoms with Gasteiger partial charge in [-0.15, -0.1) is 0 Å². The molecule has 1 aromatic heterocycles. The van der Waals surface area contributed by atoms with E-state index in [1.807, 2.05) is 13.0 Å². The molecule has 1 amide bonds. The highest BCUT2D eigenvalue weighted by Gasteiger charge is 2.39. The van der Waals surface area contributed by atoms with Crippen molar-refractivity contribution in [2.75, 3.05) is 25.1 Å². The van der Waals surface area contributed by atoms with Crippen LogP contribution in [0.25, 0.3) is 0 Å². The van der Waals surface area contributed by atoms with Gasteiger partial charge in [0.05, 0.1) is 31.8 Å². The van der Waals surface area contributed by atoms with Crippen LogP contribution in [0.1, 0.15) is 64.0 Å². The van der Waals surface area contributed by atoms with Crippen LogP contribution in [0.15, 0.2) is 47.4 Å². The van der Waals surface area contributed by atoms with Crippen LogP contribution in [0.4, 0.5) is 5.82 Å². The normalized spacial score (nSPS) is 19.9. The zero-order chi connectivity index (χ0) is 28.4. The Bertz CT molecular complexity index is 1150. The second-order valence-corrected chi connectivity index (χ2v) is 11.0. The number of hydrogen-bond acceptors (Lipinski definition) is 9. The smallest absolute Gasteiger partial charge is 0.351 e. The lowest BCUT2D eigenvalue weighted by Crippen LogP contribution is -2.34. The number of benzene rings is 1. The van der Waals surface area contributed by atoms with E-state index in [1.54, 1.807) is 36.5 Å². The van der Waals surface area contributed by atoms with Crippen molar-refractivity contribution in [3.05, 3.63) is 58.6 Å². The van der Waals surface area contributed by atoms with Crippen LogP contribution in [0.5, 0.6) is 0 Å². The zero-order valence-corrected chi connectivity index (χ0v) is 24.0. The van der Waals surface area contributed by atoms with Gasteiger partial charge in [0.1, 0.15) is 11.9 Å². The topological polar surface area (TPSA) is 128 Å². The summed E-state index contributed by atoms with van der Waals surface area (Å²) in [5.74, 6) is -0.203. The summed E-state index contributed by atoms with van der Waals surface area (Å²) in [6.07, 6.45) is 0.911. The van der Waals surface area contributed by atoms with Crippen LogP contribution in [0.2, 0.25) is 0 Å². The minimum absolute atomic E-state index is 0.151. The Morgan fingerprint density at radius 2 is 1.95 bits per heavy atom. The van der Waals surface area contributed by atoms with Crippen LogP contribution in [-0.4, -0.2) is 64.2 Å². The molecule has 0 aliphatic carbocycles. The van der Waals surface area contributed by atoms with Crippen molar-refractivity contribution >= 4 is 20.3 Å². The predicted molar refractivity (Wildman–Crippen MR) is 148 cm³/mol. The van der Waals surface area contributed by atoms with Crippen LogP contribution >= 0.6 is 8.53 Å². The van der Waals surface area contributed by atoms with E-state index < -0.39 is 20.4 Å². The van der Waals surface area contributed by atoms with Gasteiger partial charge in [-0.25, -0.2) is 9.46 Å². The number of aromatic nitrogens is 2. The van der Waals surface area contributed by atoms with E-state index in [1.165, 1.54) is 4.57 Å². The second kappa shape index (κ2) is 15.2. The molecule has 1 fully saturated rings. The largest absolute Gasteiger partial charge is 0.374 e. The van der Waals surface area contributed by atoms with Crippen LogP contribution in [0.3, 0.4) is 0 Å². The lowest BCUT2D eigenvalue weighted by Gasteiger charge is -2.35. The summed E-state index contributed by atoms with van der Waals surface area (Å²) < 4.78 is 27.9. The number of nitrogens with zero attached hydrogens (tertiary/aromatic N) is 4. The van der Waals surface area contributed by atoms with E-state index in [2.05, 4.69) is 48.7 Å². The molecule has 1 unspecified atom stereocenters. The Balaban J connectivity index is 1.70. The number of carbonyl (C=O) groups is 1. The van der Waals surface area contributed by atoms with Gasteiger partial charge >= 0.3 is 5.69 Å². The van der Waals surface area contributed by atoms with Gasteiger partial charge in [-0.2, -0.15) is 10.2 Å². The molecule has 1 aliphatic rings. The first kappa shape index (κ1) is 30.8. The van der Waals surface area contributed by atoms with Crippen molar-refractivity contribution in [2.45, 2.75) is 78.0 Å². The van der Waals surface area contributed by atoms with Gasteiger partial charge in [0.25, 0.3) is 14.4 Å². The molecule has 2 heterocycles. The number of rotatable bonds is 14. The van der Waals surface area contributed by atoms with E-state index in [-0.39, 0.29) is 55.7 Å². The molecule has 1 N–H and O–H groups in total. The summed E-state index contributed by atoms with van der Waals surface area (Å²) in [7, 11) is -1.42. The van der Waals surface area contributed by atoms with Crippen molar-refractivity contribution in [1.29, 1.82) is 5.26 Å². The van der Waals surface area contributed by atoms with Crippen molar-refractivity contribution in [1.82, 2.24) is 14.2 Å². The maximum absolute atomic E-state index is 12.9. The Morgan fingerprint density at radius 3 is 2.56 bits per heavy atom. The highest BCUT2D eigenvalue weighted by Crippen LogP contribution is 2.47. The number of amides is 1. The van der Waals surface area contributed by atoms with Gasteiger partial charge < -0.3 is 23.8 Å². The molecule has 1 saturated heterocycles. The summed E-state index contributed by atoms with van der Waals surface area (Å²) in [5.41, 5.74) is -0.100. The fourth-order valence-electron chi connectivity index (χ4n) is 4.35. The van der Waals surface area contributed by atoms with Crippen LogP contribution in [-0.2, 0) is 18.5 Å². The zero-order valence-electron chi connectivity index (χ0n) is 23.1. The highest BCUT2D eigenvalue weighted by atomic mass is 31.2. The molecular formula is C27H38N5O6P. The number of nitriles is 1. The summed E-state index contributed by atoms with van der Waals surface area (Å²) in [5, 5.41) is 11.6. The number of ether oxygens (including phenoxy) is 2. The van der Waals surface area contributed by atoms with Gasteiger partial charge in [-0.3, -0.25) is 9.36 Å². The van der Waals surface area contributed by atoms with Gasteiger partial charge in [0.2, 0.25) is 0 Å². The first-order chi connectivity index (χ1) is 18.7. The van der Waals surface area contributed by atoms with E-state index in [9.17, 15) is 9.59 Å². The quantitative estimate of drug-likeness (QED) is 0.263. The summed E-state index contributed by atoms with van der Waals surface area (Å²) in [6.45, 7) is 11.1. The van der Waals surface area contributed by atoms with E-state index in [0.717, 1.165) is 0 Å². The lowest BCUT2D eigenvalue weighted by atomic mass is 10.2. The molecule has 12 heteroatoms. The molecule has 4 atom stereocenters. The van der Waals surface area contributed by atoms with E-state index in [4.69, 9.17) is 23.8 Å². The molecule has 0 saturated carbocycles. The first-order valence-corrected chi connectivity index (χ1v) is 14.3. The van der Waals surface area contributed by atoms with E-state index >= 15 is 0 Å². The maximum atomic E-state index is 12.9. The SMILES string of the molecule is CCO[C@@H]1C[C@@H](COP(OCCC#N)N(C(C)C)C(C)C)O[C@H]1n1ccc(NC(=O)c2ccccc2)nc1=O. The Kier molecular flexibility index (Phi) is 12.0. The van der Waals surface area contributed by atoms with Crippen molar-refractivity contribution in [2.24, 2.45) is 0 Å². The Morgan fingerprint density at radius 1 is 1.23 bits per heavy atom. The summed E-state index contributed by atoms with van der Waals surface area (Å²) in [6, 6.07) is 12.7. The summed E-state index contributed by atoms with van der Waals surface area (Å²) in [4.78, 5) is 29.4. The number of nitrogens with one attached hydrogen (secondary N) is 1. The van der Waals surface area contributed by atoms with Gasteiger partial charge in [-0.1, -0.05) is 18.2 Å². The predicted octanol–water partition coefficient (Wildman–Crippen LogP) is 4.48. The third-order valence-electron chi connectivity index (χ3n) is 5.94. The van der Waals surface area contributed by atoms with E-state index in [0.29, 0.717) is 18.6 Å². The third-order valence-corrected chi connectivity index (χ3v) is 8.02. The average molecular weight is 560 g/mol. The first-order valence-electron chi connectivity index (χ1n) is 13.2. The number of hydrogen-bond donors (Lipinski definition) is 1. The molecule has 1 aromatic carbocycles. The Labute approximate surface area is 231 Å². The lowest BCUT2D eigenvalue weighted by molar-refractivity contribution is -0.0694. The van der Waals surface area contributed by atoms with Crippen LogP contribution < -0.4 is 11.0 Å². The summed E-state index contributed by atoms with van der Waals surface area (Å²) >= 11 is 0. The van der Waals surface area contributed by atoms with Gasteiger partial charge in [0.15, 0.2) is 6.23 Å². The minimum atomic E-state index is -1.42. The number of anilines is 1. The Hall–Kier alpha value is -2.71. The van der Waals surface area contributed by atoms with Crippen molar-refractivity contribution < 1.29 is 23.3 Å². The number of carbonyl (C=O) groups excluding carboxylic acids is 1. The second-order valence-electron chi connectivity index (χ2n) is 9.54. The molecule has 0 spiro atoms. The molecule has 3 rings (SSSR count). The molecule has 0 radical (unpaired) electrons. The highest BCUT2D eigenvalue weighted by molar-refractivity contribution is 7.44. The molecule has 1 aliphatic heterocycles. The third kappa shape index (κ3) is 8.64. The average Bonchev–Trinajstić information content (AvgIpc) is 3.30. The van der Waals surface area contributed by atoms with Crippen molar-refractivity contribution in [3.8, 4) is 6.07 Å². The monoisotopic (exact) mass is 559 g/mol. The van der Waals surface area contributed by atoms with Crippen molar-refractivity contribution in [3.63, 3.8) is 0 Å². The molecule has 0 bridgehead atoms. The fraction of sp³-hybridized carbons (Fsp3) is 0.556. The molecule has 212 valence electrons. The molecule has 39 heavy (non-hydrogen) atoms. The van der Waals surface area contributed by atoms with Gasteiger partial charge in [0, 0.05) is 36.9 Å². The van der Waals surface area contributed by atoms with Crippen LogP contribution in [0, 0.1) is 11.3 Å². The van der Waals surface area contributed by atoms with Gasteiger partial charge in [-0.05, 0) is 52.8 Å². The fourth-order valence-corrected chi connectivity index (χ4v) is 5.98. The minimum Gasteiger partial charge on any atom is -0.374 e. The molecular weight excluding hydrogens is 521 g/mol. The standard InChI is InChI=1S/C27H38N5O6P/c1-6-35-23-17-22(18-37-39(36-16-10-14-28)32(19(2)3)20(4)5)38-26(23)31-15-13-24(30-27(31)34)29-25(33)21-11-8-7-9-12-21/h7-9,11-13,15,19-20,22-23,26H,6,10,16-18H2,1-5H3,(H,29,30,33,34)/t22-,23+,26+,39?/m0/s1. The maximum Gasteiger partial charge on any atom is 0.351 e. The molecule has 11 nitrogen and oxygen atoms in total.